The van der Waals surface area contributed by atoms with Gasteiger partial charge in [0.2, 0.25) is 0 Å². The second-order valence-electron chi connectivity index (χ2n) is 4.06. The van der Waals surface area contributed by atoms with E-state index < -0.39 is 15.9 Å². The van der Waals surface area contributed by atoms with Crippen LogP contribution in [0.5, 0.6) is 5.75 Å². The van der Waals surface area contributed by atoms with E-state index in [1.54, 1.807) is 31.4 Å². The van der Waals surface area contributed by atoms with Gasteiger partial charge < -0.3 is 9.84 Å². The zero-order valence-corrected chi connectivity index (χ0v) is 10.9. The summed E-state index contributed by atoms with van der Waals surface area (Å²) in [4.78, 5) is 0. The molecule has 1 aromatic rings. The lowest BCUT2D eigenvalue weighted by Gasteiger charge is -2.11. The lowest BCUT2D eigenvalue weighted by molar-refractivity contribution is 0.166. The topological polar surface area (TPSA) is 63.6 Å². The Morgan fingerprint density at radius 3 is 2.71 bits per heavy atom. The molecular weight excluding hydrogens is 240 g/mol. The summed E-state index contributed by atoms with van der Waals surface area (Å²) in [5, 5.41) is 9.89. The predicted octanol–water partition coefficient (Wildman–Crippen LogP) is 1.55. The summed E-state index contributed by atoms with van der Waals surface area (Å²) in [5.41, 5.74) is 0.748. The number of aliphatic hydroxyl groups is 1. The second-order valence-corrected chi connectivity index (χ2v) is 6.32. The summed E-state index contributed by atoms with van der Waals surface area (Å²) in [6.45, 7) is 0. The van der Waals surface area contributed by atoms with Crippen molar-refractivity contribution in [2.75, 3.05) is 19.1 Å². The third-order valence-corrected chi connectivity index (χ3v) is 3.50. The highest BCUT2D eigenvalue weighted by atomic mass is 32.2. The van der Waals surface area contributed by atoms with Crippen LogP contribution >= 0.6 is 0 Å². The average Bonchev–Trinajstić information content (AvgIpc) is 2.27. The van der Waals surface area contributed by atoms with Gasteiger partial charge in [0.25, 0.3) is 0 Å². The second kappa shape index (κ2) is 6.02. The molecule has 1 unspecified atom stereocenters. The quantitative estimate of drug-likeness (QED) is 0.841. The highest BCUT2D eigenvalue weighted by molar-refractivity contribution is 7.90. The van der Waals surface area contributed by atoms with Crippen LogP contribution in [0, 0.1) is 0 Å². The fourth-order valence-electron chi connectivity index (χ4n) is 1.55. The average molecular weight is 258 g/mol. The number of ether oxygens (including phenoxy) is 1. The van der Waals surface area contributed by atoms with Crippen LogP contribution in [0.2, 0.25) is 0 Å². The SMILES string of the molecule is COc1cccc(C(O)CCCS(C)(=O)=O)c1. The fourth-order valence-corrected chi connectivity index (χ4v) is 2.25. The molecule has 0 bridgehead atoms. The number of sulfone groups is 1. The molecule has 1 N–H and O–H groups in total. The van der Waals surface area contributed by atoms with Crippen molar-refractivity contribution < 1.29 is 18.3 Å². The van der Waals surface area contributed by atoms with Gasteiger partial charge in [-0.3, -0.25) is 0 Å². The normalized spacial score (nSPS) is 13.4. The Balaban J connectivity index is 2.54. The molecule has 0 aliphatic carbocycles. The van der Waals surface area contributed by atoms with E-state index in [4.69, 9.17) is 4.74 Å². The van der Waals surface area contributed by atoms with Crippen LogP contribution in [0.15, 0.2) is 24.3 Å². The van der Waals surface area contributed by atoms with Gasteiger partial charge in [-0.15, -0.1) is 0 Å². The number of methoxy groups -OCH3 is 1. The third-order valence-electron chi connectivity index (χ3n) is 2.47. The first kappa shape index (κ1) is 14.0. The molecule has 0 saturated carbocycles. The molecule has 1 atom stereocenters. The van der Waals surface area contributed by atoms with Crippen molar-refractivity contribution in [3.63, 3.8) is 0 Å². The largest absolute Gasteiger partial charge is 0.497 e. The predicted molar refractivity (Wildman–Crippen MR) is 66.9 cm³/mol. The number of hydrogen-bond donors (Lipinski definition) is 1. The van der Waals surface area contributed by atoms with E-state index in [9.17, 15) is 13.5 Å². The maximum atomic E-state index is 10.9. The van der Waals surface area contributed by atoms with E-state index in [2.05, 4.69) is 0 Å². The van der Waals surface area contributed by atoms with E-state index in [-0.39, 0.29) is 5.75 Å². The van der Waals surface area contributed by atoms with Crippen molar-refractivity contribution in [3.8, 4) is 5.75 Å². The summed E-state index contributed by atoms with van der Waals surface area (Å²) in [6, 6.07) is 7.15. The molecule has 17 heavy (non-hydrogen) atoms. The van der Waals surface area contributed by atoms with Gasteiger partial charge in [0.15, 0.2) is 0 Å². The molecule has 1 rings (SSSR count). The number of benzene rings is 1. The zero-order chi connectivity index (χ0) is 12.9. The van der Waals surface area contributed by atoms with Gasteiger partial charge >= 0.3 is 0 Å². The van der Waals surface area contributed by atoms with Crippen LogP contribution in [0.3, 0.4) is 0 Å². The molecule has 0 aliphatic heterocycles. The molecule has 0 fully saturated rings. The van der Waals surface area contributed by atoms with E-state index in [0.29, 0.717) is 18.6 Å². The van der Waals surface area contributed by atoms with Crippen molar-refractivity contribution in [2.24, 2.45) is 0 Å². The van der Waals surface area contributed by atoms with Gasteiger partial charge in [-0.05, 0) is 30.5 Å². The molecule has 4 nitrogen and oxygen atoms in total. The fraction of sp³-hybridized carbons (Fsp3) is 0.500. The minimum absolute atomic E-state index is 0.105. The molecular formula is C12H18O4S. The standard InChI is InChI=1S/C12H18O4S/c1-16-11-6-3-5-10(9-11)12(13)7-4-8-17(2,14)15/h3,5-6,9,12-13H,4,7-8H2,1-2H3. The van der Waals surface area contributed by atoms with Crippen LogP contribution in [0.4, 0.5) is 0 Å². The van der Waals surface area contributed by atoms with Crippen LogP contribution < -0.4 is 4.74 Å². The number of hydrogen-bond acceptors (Lipinski definition) is 4. The van der Waals surface area contributed by atoms with Crippen molar-refractivity contribution >= 4 is 9.84 Å². The third kappa shape index (κ3) is 5.19. The number of rotatable bonds is 6. The first-order valence-corrected chi connectivity index (χ1v) is 7.48. The van der Waals surface area contributed by atoms with E-state index in [1.807, 2.05) is 0 Å². The summed E-state index contributed by atoms with van der Waals surface area (Å²) < 4.78 is 27.0. The van der Waals surface area contributed by atoms with Crippen molar-refractivity contribution in [3.05, 3.63) is 29.8 Å². The maximum absolute atomic E-state index is 10.9. The molecule has 0 aliphatic rings. The van der Waals surface area contributed by atoms with Gasteiger partial charge in [0.05, 0.1) is 13.2 Å². The van der Waals surface area contributed by atoms with Gasteiger partial charge in [0.1, 0.15) is 15.6 Å². The van der Waals surface area contributed by atoms with Crippen LogP contribution in [0.1, 0.15) is 24.5 Å². The molecule has 1 aromatic carbocycles. The highest BCUT2D eigenvalue weighted by Crippen LogP contribution is 2.22. The zero-order valence-electron chi connectivity index (χ0n) is 10.1. The Kier molecular flexibility index (Phi) is 4.96. The molecule has 5 heteroatoms. The van der Waals surface area contributed by atoms with Gasteiger partial charge in [0, 0.05) is 12.0 Å². The maximum Gasteiger partial charge on any atom is 0.147 e. The molecule has 0 aromatic heterocycles. The summed E-state index contributed by atoms with van der Waals surface area (Å²) in [7, 11) is -1.39. The Morgan fingerprint density at radius 2 is 2.12 bits per heavy atom. The van der Waals surface area contributed by atoms with Crippen molar-refractivity contribution in [1.29, 1.82) is 0 Å². The van der Waals surface area contributed by atoms with Gasteiger partial charge in [-0.25, -0.2) is 8.42 Å². The molecule has 96 valence electrons. The van der Waals surface area contributed by atoms with Crippen LogP contribution in [0.25, 0.3) is 0 Å². The van der Waals surface area contributed by atoms with Crippen LogP contribution in [-0.2, 0) is 9.84 Å². The lowest BCUT2D eigenvalue weighted by Crippen LogP contribution is -2.05. The molecule has 0 spiro atoms. The Morgan fingerprint density at radius 1 is 1.41 bits per heavy atom. The minimum atomic E-state index is -2.95. The van der Waals surface area contributed by atoms with Crippen LogP contribution in [-0.4, -0.2) is 32.6 Å². The Hall–Kier alpha value is -1.07. The molecule has 0 saturated heterocycles. The van der Waals surface area contributed by atoms with Gasteiger partial charge in [-0.2, -0.15) is 0 Å². The van der Waals surface area contributed by atoms with Crippen molar-refractivity contribution in [1.82, 2.24) is 0 Å². The lowest BCUT2D eigenvalue weighted by atomic mass is 10.1. The van der Waals surface area contributed by atoms with Crippen molar-refractivity contribution in [2.45, 2.75) is 18.9 Å². The highest BCUT2D eigenvalue weighted by Gasteiger charge is 2.10. The smallest absolute Gasteiger partial charge is 0.147 e. The van der Waals surface area contributed by atoms with E-state index >= 15 is 0 Å². The number of aliphatic hydroxyl groups excluding tert-OH is 1. The first-order valence-electron chi connectivity index (χ1n) is 5.42. The summed E-state index contributed by atoms with van der Waals surface area (Å²) >= 11 is 0. The molecule has 0 radical (unpaired) electrons. The summed E-state index contributed by atoms with van der Waals surface area (Å²) in [5.74, 6) is 0.790. The molecule has 0 amide bonds. The Labute approximate surface area is 102 Å². The van der Waals surface area contributed by atoms with Gasteiger partial charge in [-0.1, -0.05) is 12.1 Å². The monoisotopic (exact) mass is 258 g/mol. The van der Waals surface area contributed by atoms with E-state index in [1.165, 1.54) is 6.26 Å². The Bertz CT molecular complexity index is 453. The van der Waals surface area contributed by atoms with E-state index in [0.717, 1.165) is 5.56 Å². The summed E-state index contributed by atoms with van der Waals surface area (Å²) in [6.07, 6.45) is 1.44. The first-order chi connectivity index (χ1) is 7.92. The molecule has 0 heterocycles. The minimum Gasteiger partial charge on any atom is -0.497 e.